The van der Waals surface area contributed by atoms with Crippen molar-refractivity contribution in [2.45, 2.75) is 418 Å². The van der Waals surface area contributed by atoms with Gasteiger partial charge in [-0.2, -0.15) is 0 Å². The summed E-state index contributed by atoms with van der Waals surface area (Å²) < 4.78 is 5.51. The normalized spacial score (nSPS) is 12.7. The van der Waals surface area contributed by atoms with Gasteiger partial charge in [0.1, 0.15) is 0 Å². The van der Waals surface area contributed by atoms with Gasteiger partial charge in [0.2, 0.25) is 5.91 Å². The zero-order valence-electron chi connectivity index (χ0n) is 54.8. The lowest BCUT2D eigenvalue weighted by molar-refractivity contribution is -0.143. The molecule has 0 bridgehead atoms. The first-order valence-corrected chi connectivity index (χ1v) is 36.8. The lowest BCUT2D eigenvalue weighted by Gasteiger charge is -2.20. The van der Waals surface area contributed by atoms with Crippen LogP contribution < -0.4 is 5.32 Å². The van der Waals surface area contributed by atoms with Gasteiger partial charge < -0.3 is 20.3 Å². The number of nitrogens with one attached hydrogen (secondary N) is 1. The Bertz CT molecular complexity index is 1310. The Morgan fingerprint density at radius 3 is 0.951 bits per heavy atom. The Morgan fingerprint density at radius 1 is 0.346 bits per heavy atom. The molecule has 0 rings (SSSR count). The van der Waals surface area contributed by atoms with Crippen LogP contribution in [-0.2, 0) is 14.3 Å². The van der Waals surface area contributed by atoms with Gasteiger partial charge in [0.05, 0.1) is 25.4 Å². The minimum Gasteiger partial charge on any atom is -0.466 e. The minimum atomic E-state index is -0.844. The number of aliphatic hydroxyl groups is 2. The molecule has 478 valence electrons. The van der Waals surface area contributed by atoms with Crippen LogP contribution >= 0.6 is 0 Å². The van der Waals surface area contributed by atoms with Crippen LogP contribution in [0.5, 0.6) is 0 Å². The lowest BCUT2D eigenvalue weighted by Crippen LogP contribution is -2.45. The van der Waals surface area contributed by atoms with E-state index in [4.69, 9.17) is 4.74 Å². The molecule has 6 heteroatoms. The van der Waals surface area contributed by atoms with E-state index in [1.54, 1.807) is 6.08 Å². The second kappa shape index (κ2) is 70.6. The number of amides is 1. The van der Waals surface area contributed by atoms with Gasteiger partial charge in [0, 0.05) is 12.8 Å². The minimum absolute atomic E-state index is 0.0109. The molecule has 0 aliphatic rings. The highest BCUT2D eigenvalue weighted by atomic mass is 16.5. The predicted octanol–water partition coefficient (Wildman–Crippen LogP) is 23.9. The first-order valence-electron chi connectivity index (χ1n) is 36.8. The molecule has 6 nitrogen and oxygen atoms in total. The summed E-state index contributed by atoms with van der Waals surface area (Å²) in [6.07, 6.45) is 90.9. The monoisotopic (exact) mass is 1140 g/mol. The quantitative estimate of drug-likeness (QED) is 0.0320. The Labute approximate surface area is 506 Å². The average Bonchev–Trinajstić information content (AvgIpc) is 3.47. The Morgan fingerprint density at radius 2 is 0.617 bits per heavy atom. The molecule has 0 heterocycles. The molecule has 3 N–H and O–H groups in total. The van der Waals surface area contributed by atoms with Crippen molar-refractivity contribution in [2.24, 2.45) is 0 Å². The molecule has 0 saturated heterocycles. The molecule has 0 saturated carbocycles. The van der Waals surface area contributed by atoms with Gasteiger partial charge in [-0.3, -0.25) is 9.59 Å². The Hall–Kier alpha value is -1.92. The number of hydrogen-bond donors (Lipinski definition) is 3. The van der Waals surface area contributed by atoms with Crippen LogP contribution in [-0.4, -0.2) is 47.4 Å². The zero-order chi connectivity index (χ0) is 58.5. The molecule has 81 heavy (non-hydrogen) atoms. The van der Waals surface area contributed by atoms with Crippen molar-refractivity contribution in [3.05, 3.63) is 36.5 Å². The third kappa shape index (κ3) is 67.1. The zero-order valence-corrected chi connectivity index (χ0v) is 54.8. The van der Waals surface area contributed by atoms with E-state index >= 15 is 0 Å². The molecule has 0 aromatic rings. The Balaban J connectivity index is 3.37. The highest BCUT2D eigenvalue weighted by Gasteiger charge is 2.18. The van der Waals surface area contributed by atoms with Crippen molar-refractivity contribution in [1.82, 2.24) is 5.32 Å². The maximum absolute atomic E-state index is 12.5. The largest absolute Gasteiger partial charge is 0.466 e. The topological polar surface area (TPSA) is 95.9 Å². The van der Waals surface area contributed by atoms with E-state index in [0.29, 0.717) is 19.4 Å². The van der Waals surface area contributed by atoms with E-state index in [9.17, 15) is 19.8 Å². The SMILES string of the molecule is CCCCCC/C=C\C/C=C\CCCCCCCCCC(=O)OCCCCCCCCCCCCCCCCCCCCCCCCCCCCCC(=O)NC(CO)C(O)/C=C/CCCCCCCCCCCCCCCCCCC. The summed E-state index contributed by atoms with van der Waals surface area (Å²) in [4.78, 5) is 24.6. The molecular formula is C75H143NO5. The summed E-state index contributed by atoms with van der Waals surface area (Å²) in [7, 11) is 0. The molecular weight excluding hydrogens is 995 g/mol. The first kappa shape index (κ1) is 79.1. The number of aliphatic hydroxyl groups excluding tert-OH is 2. The van der Waals surface area contributed by atoms with Crippen molar-refractivity contribution in [2.75, 3.05) is 13.2 Å². The molecule has 1 amide bonds. The van der Waals surface area contributed by atoms with Crippen molar-refractivity contribution < 1.29 is 24.5 Å². The van der Waals surface area contributed by atoms with Crippen LogP contribution in [0.3, 0.4) is 0 Å². The lowest BCUT2D eigenvalue weighted by atomic mass is 10.0. The van der Waals surface area contributed by atoms with Crippen molar-refractivity contribution in [1.29, 1.82) is 0 Å². The maximum atomic E-state index is 12.5. The number of carbonyl (C=O) groups is 2. The van der Waals surface area contributed by atoms with E-state index in [2.05, 4.69) is 43.5 Å². The molecule has 0 radical (unpaired) electrons. The number of ether oxygens (including phenoxy) is 1. The summed E-state index contributed by atoms with van der Waals surface area (Å²) in [6, 6.07) is -0.627. The summed E-state index contributed by atoms with van der Waals surface area (Å²) >= 11 is 0. The highest BCUT2D eigenvalue weighted by Crippen LogP contribution is 2.19. The van der Waals surface area contributed by atoms with E-state index in [-0.39, 0.29) is 18.5 Å². The summed E-state index contributed by atoms with van der Waals surface area (Å²) in [5, 5.41) is 23.2. The van der Waals surface area contributed by atoms with Crippen LogP contribution in [0.15, 0.2) is 36.5 Å². The van der Waals surface area contributed by atoms with Gasteiger partial charge in [-0.25, -0.2) is 0 Å². The maximum Gasteiger partial charge on any atom is 0.305 e. The van der Waals surface area contributed by atoms with Gasteiger partial charge in [0.25, 0.3) is 0 Å². The molecule has 0 spiro atoms. The standard InChI is InChI=1S/C75H143NO5/c1-3-5-7-9-11-13-15-17-19-21-32-35-39-43-47-51-55-59-63-67-73(78)72(71-77)76-74(79)68-64-60-56-52-48-44-40-36-33-30-28-26-24-23-25-27-29-31-34-38-42-46-50-54-58-62-66-70-81-75(80)69-65-61-57-53-49-45-41-37-22-20-18-16-14-12-10-8-6-4-2/h14,16,20,22,63,67,72-73,77-78H,3-13,15,17-19,21,23-62,64-66,68-71H2,1-2H3,(H,76,79)/b16-14-,22-20-,67-63+. The number of unbranched alkanes of at least 4 members (excludes halogenated alkanes) is 54. The number of hydrogen-bond acceptors (Lipinski definition) is 5. The highest BCUT2D eigenvalue weighted by molar-refractivity contribution is 5.76. The molecule has 0 aliphatic heterocycles. The second-order valence-electron chi connectivity index (χ2n) is 25.3. The number of allylic oxidation sites excluding steroid dienone is 5. The molecule has 0 fully saturated rings. The molecule has 0 aromatic heterocycles. The predicted molar refractivity (Wildman–Crippen MR) is 356 cm³/mol. The summed E-state index contributed by atoms with van der Waals surface area (Å²) in [5.41, 5.74) is 0. The van der Waals surface area contributed by atoms with E-state index in [1.807, 2.05) is 6.08 Å². The smallest absolute Gasteiger partial charge is 0.305 e. The van der Waals surface area contributed by atoms with Gasteiger partial charge in [0.15, 0.2) is 0 Å². The fraction of sp³-hybridized carbons (Fsp3) is 0.893. The van der Waals surface area contributed by atoms with Crippen LogP contribution in [0.1, 0.15) is 406 Å². The fourth-order valence-corrected chi connectivity index (χ4v) is 11.6. The van der Waals surface area contributed by atoms with Gasteiger partial charge in [-0.1, -0.05) is 365 Å². The van der Waals surface area contributed by atoms with Crippen LogP contribution in [0, 0.1) is 0 Å². The third-order valence-corrected chi connectivity index (χ3v) is 17.2. The third-order valence-electron chi connectivity index (χ3n) is 17.2. The van der Waals surface area contributed by atoms with Crippen molar-refractivity contribution in [3.8, 4) is 0 Å². The number of carbonyl (C=O) groups excluding carboxylic acids is 2. The van der Waals surface area contributed by atoms with Crippen molar-refractivity contribution in [3.63, 3.8) is 0 Å². The van der Waals surface area contributed by atoms with E-state index < -0.39 is 12.1 Å². The summed E-state index contributed by atoms with van der Waals surface area (Å²) in [5.74, 6) is -0.0508. The number of esters is 1. The van der Waals surface area contributed by atoms with Crippen LogP contribution in [0.4, 0.5) is 0 Å². The first-order chi connectivity index (χ1) is 40.0. The summed E-state index contributed by atoms with van der Waals surface area (Å²) in [6.45, 7) is 4.92. The van der Waals surface area contributed by atoms with Gasteiger partial charge in [-0.15, -0.1) is 0 Å². The van der Waals surface area contributed by atoms with Crippen LogP contribution in [0.2, 0.25) is 0 Å². The average molecular weight is 1140 g/mol. The van der Waals surface area contributed by atoms with E-state index in [1.165, 1.54) is 327 Å². The molecule has 0 aromatic carbocycles. The Kier molecular flexibility index (Phi) is 68.9. The van der Waals surface area contributed by atoms with Gasteiger partial charge in [-0.05, 0) is 64.2 Å². The second-order valence-corrected chi connectivity index (χ2v) is 25.3. The number of rotatable bonds is 69. The fourth-order valence-electron chi connectivity index (χ4n) is 11.6. The van der Waals surface area contributed by atoms with Crippen LogP contribution in [0.25, 0.3) is 0 Å². The molecule has 2 unspecified atom stereocenters. The molecule has 0 aliphatic carbocycles. The molecule has 2 atom stereocenters. The van der Waals surface area contributed by atoms with Gasteiger partial charge >= 0.3 is 5.97 Å². The van der Waals surface area contributed by atoms with Crippen molar-refractivity contribution >= 4 is 11.9 Å². The van der Waals surface area contributed by atoms with E-state index in [0.717, 1.165) is 51.4 Å².